The number of amides is 1. The van der Waals surface area contributed by atoms with E-state index < -0.39 is 0 Å². The molecule has 0 spiro atoms. The van der Waals surface area contributed by atoms with Gasteiger partial charge in [-0.2, -0.15) is 5.10 Å². The van der Waals surface area contributed by atoms with Gasteiger partial charge in [-0.05, 0) is 29.0 Å². The normalized spacial score (nSPS) is 11.0. The van der Waals surface area contributed by atoms with E-state index in [4.69, 9.17) is 23.2 Å². The predicted molar refractivity (Wildman–Crippen MR) is 95.5 cm³/mol. The van der Waals surface area contributed by atoms with Gasteiger partial charge in [-0.1, -0.05) is 65.7 Å². The molecule has 0 unspecified atom stereocenters. The van der Waals surface area contributed by atoms with Gasteiger partial charge in [0, 0.05) is 11.1 Å². The van der Waals surface area contributed by atoms with Crippen LogP contribution in [-0.2, 0) is 0 Å². The molecule has 0 heterocycles. The molecule has 0 aliphatic carbocycles. The highest BCUT2D eigenvalue weighted by Crippen LogP contribution is 2.22. The summed E-state index contributed by atoms with van der Waals surface area (Å²) in [4.78, 5) is 12.3. The van der Waals surface area contributed by atoms with Crippen molar-refractivity contribution in [1.82, 2.24) is 5.43 Å². The van der Waals surface area contributed by atoms with Crippen molar-refractivity contribution < 1.29 is 4.79 Å². The van der Waals surface area contributed by atoms with Gasteiger partial charge >= 0.3 is 0 Å². The van der Waals surface area contributed by atoms with Crippen LogP contribution >= 0.6 is 23.2 Å². The summed E-state index contributed by atoms with van der Waals surface area (Å²) < 4.78 is 0. The minimum absolute atomic E-state index is 0.291. The molecular weight excluding hydrogens is 331 g/mol. The topological polar surface area (TPSA) is 41.5 Å². The number of carbonyl (C=O) groups excluding carboxylic acids is 1. The molecule has 23 heavy (non-hydrogen) atoms. The third kappa shape index (κ3) is 3.36. The number of rotatable bonds is 3. The van der Waals surface area contributed by atoms with E-state index in [0.717, 1.165) is 10.8 Å². The fourth-order valence-corrected chi connectivity index (χ4v) is 2.77. The Morgan fingerprint density at radius 3 is 2.35 bits per heavy atom. The van der Waals surface area contributed by atoms with Crippen LogP contribution in [0.5, 0.6) is 0 Å². The van der Waals surface area contributed by atoms with Crippen LogP contribution in [0.15, 0.2) is 65.8 Å². The molecule has 0 saturated heterocycles. The summed E-state index contributed by atoms with van der Waals surface area (Å²) >= 11 is 12.1. The number of nitrogens with one attached hydrogen (secondary N) is 1. The first-order valence-electron chi connectivity index (χ1n) is 6.92. The third-order valence-corrected chi connectivity index (χ3v) is 4.05. The molecule has 3 aromatic carbocycles. The van der Waals surface area contributed by atoms with Gasteiger partial charge in [-0.3, -0.25) is 4.79 Å². The number of benzene rings is 3. The van der Waals surface area contributed by atoms with Crippen molar-refractivity contribution >= 4 is 46.1 Å². The lowest BCUT2D eigenvalue weighted by atomic mass is 10.0. The third-order valence-electron chi connectivity index (χ3n) is 3.39. The van der Waals surface area contributed by atoms with E-state index >= 15 is 0 Å². The molecule has 114 valence electrons. The van der Waals surface area contributed by atoms with Gasteiger partial charge in [0.05, 0.1) is 16.3 Å². The van der Waals surface area contributed by atoms with E-state index in [2.05, 4.69) is 10.5 Å². The van der Waals surface area contributed by atoms with E-state index in [1.54, 1.807) is 24.3 Å². The summed E-state index contributed by atoms with van der Waals surface area (Å²) in [5.74, 6) is -0.291. The molecule has 3 rings (SSSR count). The maximum Gasteiger partial charge on any atom is 0.271 e. The Morgan fingerprint density at radius 1 is 0.913 bits per heavy atom. The molecule has 0 aliphatic heterocycles. The van der Waals surface area contributed by atoms with Gasteiger partial charge < -0.3 is 0 Å². The molecule has 3 nitrogen and oxygen atoms in total. The number of halogens is 2. The second-order valence-electron chi connectivity index (χ2n) is 4.86. The summed E-state index contributed by atoms with van der Waals surface area (Å²) in [5, 5.41) is 6.77. The van der Waals surface area contributed by atoms with E-state index in [1.165, 1.54) is 6.21 Å². The van der Waals surface area contributed by atoms with Crippen LogP contribution in [-0.4, -0.2) is 12.1 Å². The zero-order valence-electron chi connectivity index (χ0n) is 12.0. The van der Waals surface area contributed by atoms with E-state index in [-0.39, 0.29) is 5.91 Å². The van der Waals surface area contributed by atoms with Gasteiger partial charge in [0.15, 0.2) is 0 Å². The largest absolute Gasteiger partial charge is 0.271 e. The van der Waals surface area contributed by atoms with Crippen molar-refractivity contribution in [1.29, 1.82) is 0 Å². The highest BCUT2D eigenvalue weighted by molar-refractivity contribution is 6.38. The SMILES string of the molecule is O=C(NN=Cc1c(Cl)cccc1Cl)c1cccc2ccccc12. The molecule has 0 aliphatic rings. The second-order valence-corrected chi connectivity index (χ2v) is 5.68. The predicted octanol–water partition coefficient (Wildman–Crippen LogP) is 4.91. The summed E-state index contributed by atoms with van der Waals surface area (Å²) in [6.45, 7) is 0. The lowest BCUT2D eigenvalue weighted by Gasteiger charge is -2.05. The van der Waals surface area contributed by atoms with Crippen LogP contribution in [0.3, 0.4) is 0 Å². The van der Waals surface area contributed by atoms with Crippen LogP contribution < -0.4 is 5.43 Å². The number of hydrogen-bond acceptors (Lipinski definition) is 2. The Hall–Kier alpha value is -2.36. The van der Waals surface area contributed by atoms with E-state index in [0.29, 0.717) is 21.2 Å². The van der Waals surface area contributed by atoms with Gasteiger partial charge in [0.2, 0.25) is 0 Å². The van der Waals surface area contributed by atoms with Crippen molar-refractivity contribution in [2.24, 2.45) is 5.10 Å². The monoisotopic (exact) mass is 342 g/mol. The quantitative estimate of drug-likeness (QED) is 0.533. The Balaban J connectivity index is 1.83. The Labute approximate surface area is 143 Å². The van der Waals surface area contributed by atoms with Gasteiger partial charge in [-0.15, -0.1) is 0 Å². The van der Waals surface area contributed by atoms with Gasteiger partial charge in [0.1, 0.15) is 0 Å². The molecule has 0 bridgehead atoms. The standard InChI is InChI=1S/C18H12Cl2N2O/c19-16-9-4-10-17(20)15(16)11-21-22-18(23)14-8-3-6-12-5-1-2-7-13(12)14/h1-11H,(H,22,23). The zero-order valence-corrected chi connectivity index (χ0v) is 13.5. The molecule has 1 N–H and O–H groups in total. The summed E-state index contributed by atoms with van der Waals surface area (Å²) in [6, 6.07) is 18.4. The van der Waals surface area contributed by atoms with E-state index in [1.807, 2.05) is 36.4 Å². The second kappa shape index (κ2) is 6.82. The molecule has 0 aromatic heterocycles. The van der Waals surface area contributed by atoms with Crippen molar-refractivity contribution in [3.8, 4) is 0 Å². The highest BCUT2D eigenvalue weighted by atomic mass is 35.5. The summed E-state index contributed by atoms with van der Waals surface area (Å²) in [7, 11) is 0. The molecule has 0 atom stereocenters. The Kier molecular flexibility index (Phi) is 4.60. The fourth-order valence-electron chi connectivity index (χ4n) is 2.27. The maximum atomic E-state index is 12.3. The number of fused-ring (bicyclic) bond motifs is 1. The van der Waals surface area contributed by atoms with Crippen LogP contribution in [0.2, 0.25) is 10.0 Å². The molecule has 0 fully saturated rings. The smallest absolute Gasteiger partial charge is 0.267 e. The Bertz CT molecular complexity index is 881. The number of nitrogens with zero attached hydrogens (tertiary/aromatic N) is 1. The van der Waals surface area contributed by atoms with Crippen LogP contribution in [0.4, 0.5) is 0 Å². The maximum absolute atomic E-state index is 12.3. The number of hydrazone groups is 1. The van der Waals surface area contributed by atoms with Crippen molar-refractivity contribution in [2.45, 2.75) is 0 Å². The first-order chi connectivity index (χ1) is 11.2. The van der Waals surface area contributed by atoms with E-state index in [9.17, 15) is 4.79 Å². The highest BCUT2D eigenvalue weighted by Gasteiger charge is 2.08. The Morgan fingerprint density at radius 2 is 1.57 bits per heavy atom. The van der Waals surface area contributed by atoms with Crippen LogP contribution in [0, 0.1) is 0 Å². The fraction of sp³-hybridized carbons (Fsp3) is 0. The number of carbonyl (C=O) groups is 1. The van der Waals surface area contributed by atoms with Crippen molar-refractivity contribution in [2.75, 3.05) is 0 Å². The lowest BCUT2D eigenvalue weighted by molar-refractivity contribution is 0.0957. The van der Waals surface area contributed by atoms with Gasteiger partial charge in [-0.25, -0.2) is 5.43 Å². The molecule has 5 heteroatoms. The first-order valence-corrected chi connectivity index (χ1v) is 7.67. The summed E-state index contributed by atoms with van der Waals surface area (Å²) in [5.41, 5.74) is 3.63. The number of hydrogen-bond donors (Lipinski definition) is 1. The van der Waals surface area contributed by atoms with Crippen LogP contribution in [0.25, 0.3) is 10.8 Å². The van der Waals surface area contributed by atoms with Crippen LogP contribution in [0.1, 0.15) is 15.9 Å². The molecule has 0 radical (unpaired) electrons. The molecule has 1 amide bonds. The molecular formula is C18H12Cl2N2O. The van der Waals surface area contributed by atoms with Crippen molar-refractivity contribution in [3.63, 3.8) is 0 Å². The lowest BCUT2D eigenvalue weighted by Crippen LogP contribution is -2.18. The minimum Gasteiger partial charge on any atom is -0.267 e. The first kappa shape index (κ1) is 15.5. The minimum atomic E-state index is -0.291. The summed E-state index contributed by atoms with van der Waals surface area (Å²) in [6.07, 6.45) is 1.44. The zero-order chi connectivity index (χ0) is 16.2. The average Bonchev–Trinajstić information content (AvgIpc) is 2.57. The molecule has 3 aromatic rings. The van der Waals surface area contributed by atoms with Gasteiger partial charge in [0.25, 0.3) is 5.91 Å². The average molecular weight is 343 g/mol. The van der Waals surface area contributed by atoms with Crippen molar-refractivity contribution in [3.05, 3.63) is 81.8 Å². The molecule has 0 saturated carbocycles.